The summed E-state index contributed by atoms with van der Waals surface area (Å²) < 4.78 is 28.9. The third-order valence-corrected chi connectivity index (χ3v) is 4.39. The molecule has 2 heterocycles. The lowest BCUT2D eigenvalue weighted by molar-refractivity contribution is 0.597. The van der Waals surface area contributed by atoms with Gasteiger partial charge in [-0.3, -0.25) is 9.82 Å². The Bertz CT molecular complexity index is 714. The van der Waals surface area contributed by atoms with E-state index >= 15 is 0 Å². The highest BCUT2D eigenvalue weighted by Crippen LogP contribution is 2.19. The van der Waals surface area contributed by atoms with Crippen LogP contribution in [0.2, 0.25) is 0 Å². The van der Waals surface area contributed by atoms with Gasteiger partial charge in [0, 0.05) is 24.0 Å². The third-order valence-electron chi connectivity index (χ3n) is 3.18. The zero-order valence-electron chi connectivity index (χ0n) is 12.1. The number of anilines is 1. The number of hydrogen-bond donors (Lipinski definition) is 2. The van der Waals surface area contributed by atoms with Crippen LogP contribution in [0, 0.1) is 20.8 Å². The number of aromatic amines is 1. The lowest BCUT2D eigenvalue weighted by Crippen LogP contribution is -2.14. The first-order chi connectivity index (χ1) is 9.35. The molecule has 0 atom stereocenters. The van der Waals surface area contributed by atoms with Gasteiger partial charge in [0.1, 0.15) is 5.82 Å². The summed E-state index contributed by atoms with van der Waals surface area (Å²) in [5, 5.41) is 6.70. The molecule has 2 aromatic rings. The van der Waals surface area contributed by atoms with E-state index in [2.05, 4.69) is 19.9 Å². The van der Waals surface area contributed by atoms with Gasteiger partial charge in [0.2, 0.25) is 0 Å². The molecule has 0 saturated carbocycles. The number of imidazole rings is 1. The summed E-state index contributed by atoms with van der Waals surface area (Å²) >= 11 is 0. The molecule has 0 aliphatic carbocycles. The lowest BCUT2D eigenvalue weighted by Gasteiger charge is -2.03. The standard InChI is InChI=1S/C12H19N5O2S/c1-5-6-17-7-11(13-10(17)4)20(18,19)16-12-8(2)9(3)14-15-12/h7H,5-6H2,1-4H3,(H2,14,15,16). The van der Waals surface area contributed by atoms with Gasteiger partial charge < -0.3 is 4.57 Å². The Morgan fingerprint density at radius 1 is 1.35 bits per heavy atom. The summed E-state index contributed by atoms with van der Waals surface area (Å²) in [6.07, 6.45) is 2.47. The molecule has 0 aliphatic rings. The predicted molar refractivity (Wildman–Crippen MR) is 76.1 cm³/mol. The topological polar surface area (TPSA) is 92.7 Å². The zero-order valence-corrected chi connectivity index (χ0v) is 12.9. The van der Waals surface area contributed by atoms with E-state index < -0.39 is 10.0 Å². The SMILES string of the molecule is CCCn1cc(S(=O)(=O)Nc2n[nH]c(C)c2C)nc1C. The summed E-state index contributed by atoms with van der Waals surface area (Å²) in [7, 11) is -3.71. The molecule has 110 valence electrons. The number of hydrogen-bond acceptors (Lipinski definition) is 4. The fourth-order valence-corrected chi connectivity index (χ4v) is 2.92. The van der Waals surface area contributed by atoms with Gasteiger partial charge in [0.15, 0.2) is 10.8 Å². The van der Waals surface area contributed by atoms with E-state index in [0.29, 0.717) is 11.6 Å². The lowest BCUT2D eigenvalue weighted by atomic mass is 10.3. The molecule has 2 aromatic heterocycles. The van der Waals surface area contributed by atoms with Gasteiger partial charge in [-0.25, -0.2) is 4.98 Å². The Morgan fingerprint density at radius 3 is 2.60 bits per heavy atom. The van der Waals surface area contributed by atoms with Crippen LogP contribution in [0.1, 0.15) is 30.4 Å². The number of nitrogens with zero attached hydrogens (tertiary/aromatic N) is 3. The molecule has 0 fully saturated rings. The highest BCUT2D eigenvalue weighted by atomic mass is 32.2. The van der Waals surface area contributed by atoms with Crippen molar-refractivity contribution in [2.45, 2.75) is 45.7 Å². The molecular weight excluding hydrogens is 278 g/mol. The monoisotopic (exact) mass is 297 g/mol. The summed E-state index contributed by atoms with van der Waals surface area (Å²) in [5.41, 5.74) is 1.61. The Balaban J connectivity index is 2.31. The van der Waals surface area contributed by atoms with Crippen molar-refractivity contribution >= 4 is 15.8 Å². The molecule has 0 bridgehead atoms. The predicted octanol–water partition coefficient (Wildman–Crippen LogP) is 1.74. The molecule has 2 N–H and O–H groups in total. The number of aryl methyl sites for hydroxylation is 3. The first-order valence-corrected chi connectivity index (χ1v) is 7.91. The Morgan fingerprint density at radius 2 is 2.05 bits per heavy atom. The van der Waals surface area contributed by atoms with Crippen molar-refractivity contribution in [1.82, 2.24) is 19.7 Å². The molecule has 20 heavy (non-hydrogen) atoms. The Hall–Kier alpha value is -1.83. The van der Waals surface area contributed by atoms with Crippen LogP contribution in [0.25, 0.3) is 0 Å². The second-order valence-corrected chi connectivity index (χ2v) is 6.38. The molecule has 0 amide bonds. The molecule has 0 radical (unpaired) electrons. The van der Waals surface area contributed by atoms with Crippen molar-refractivity contribution < 1.29 is 8.42 Å². The molecular formula is C12H19N5O2S. The Kier molecular flexibility index (Phi) is 3.85. The van der Waals surface area contributed by atoms with Crippen molar-refractivity contribution in [1.29, 1.82) is 0 Å². The van der Waals surface area contributed by atoms with Crippen LogP contribution in [-0.2, 0) is 16.6 Å². The first kappa shape index (κ1) is 14.6. The average molecular weight is 297 g/mol. The van der Waals surface area contributed by atoms with Crippen molar-refractivity contribution in [2.24, 2.45) is 0 Å². The number of aromatic nitrogens is 4. The van der Waals surface area contributed by atoms with Gasteiger partial charge in [-0.2, -0.15) is 13.5 Å². The molecule has 0 aromatic carbocycles. The van der Waals surface area contributed by atoms with Gasteiger partial charge >= 0.3 is 0 Å². The van der Waals surface area contributed by atoms with Gasteiger partial charge in [-0.15, -0.1) is 0 Å². The van der Waals surface area contributed by atoms with E-state index in [1.54, 1.807) is 20.0 Å². The second-order valence-electron chi connectivity index (χ2n) is 4.75. The normalized spacial score (nSPS) is 11.8. The number of rotatable bonds is 5. The van der Waals surface area contributed by atoms with Crippen LogP contribution in [0.3, 0.4) is 0 Å². The summed E-state index contributed by atoms with van der Waals surface area (Å²) in [6.45, 7) is 8.20. The van der Waals surface area contributed by atoms with E-state index in [1.165, 1.54) is 0 Å². The minimum Gasteiger partial charge on any atom is -0.334 e. The smallest absolute Gasteiger partial charge is 0.282 e. The third kappa shape index (κ3) is 2.69. The quantitative estimate of drug-likeness (QED) is 0.879. The van der Waals surface area contributed by atoms with Crippen LogP contribution < -0.4 is 4.72 Å². The highest BCUT2D eigenvalue weighted by Gasteiger charge is 2.21. The van der Waals surface area contributed by atoms with E-state index in [9.17, 15) is 8.42 Å². The number of H-pyrrole nitrogens is 1. The van der Waals surface area contributed by atoms with E-state index in [0.717, 1.165) is 24.2 Å². The maximum absolute atomic E-state index is 12.3. The minimum absolute atomic E-state index is 0.0171. The van der Waals surface area contributed by atoms with Gasteiger partial charge in [0.05, 0.1) is 0 Å². The van der Waals surface area contributed by atoms with Crippen molar-refractivity contribution in [2.75, 3.05) is 4.72 Å². The van der Waals surface area contributed by atoms with E-state index in [-0.39, 0.29) is 5.03 Å². The second kappa shape index (κ2) is 5.28. The highest BCUT2D eigenvalue weighted by molar-refractivity contribution is 7.92. The summed E-state index contributed by atoms with van der Waals surface area (Å²) in [6, 6.07) is 0. The molecule has 0 saturated heterocycles. The van der Waals surface area contributed by atoms with E-state index in [1.807, 2.05) is 18.4 Å². The van der Waals surface area contributed by atoms with Crippen LogP contribution >= 0.6 is 0 Å². The first-order valence-electron chi connectivity index (χ1n) is 6.43. The van der Waals surface area contributed by atoms with Gasteiger partial charge in [-0.05, 0) is 27.2 Å². The molecule has 0 aliphatic heterocycles. The van der Waals surface area contributed by atoms with Crippen LogP contribution in [0.4, 0.5) is 5.82 Å². The van der Waals surface area contributed by atoms with Gasteiger partial charge in [-0.1, -0.05) is 6.92 Å². The maximum atomic E-state index is 12.3. The molecule has 8 heteroatoms. The van der Waals surface area contributed by atoms with E-state index in [4.69, 9.17) is 0 Å². The maximum Gasteiger partial charge on any atom is 0.282 e. The zero-order chi connectivity index (χ0) is 14.9. The van der Waals surface area contributed by atoms with Crippen LogP contribution in [0.15, 0.2) is 11.2 Å². The van der Waals surface area contributed by atoms with Crippen LogP contribution in [-0.4, -0.2) is 28.2 Å². The largest absolute Gasteiger partial charge is 0.334 e. The molecule has 2 rings (SSSR count). The summed E-state index contributed by atoms with van der Waals surface area (Å²) in [5.74, 6) is 0.993. The molecule has 7 nitrogen and oxygen atoms in total. The fraction of sp³-hybridized carbons (Fsp3) is 0.500. The summed E-state index contributed by atoms with van der Waals surface area (Å²) in [4.78, 5) is 4.11. The van der Waals surface area contributed by atoms with Crippen molar-refractivity contribution in [3.05, 3.63) is 23.3 Å². The number of nitrogens with one attached hydrogen (secondary N) is 2. The number of sulfonamides is 1. The minimum atomic E-state index is -3.71. The van der Waals surface area contributed by atoms with Crippen LogP contribution in [0.5, 0.6) is 0 Å². The molecule has 0 spiro atoms. The fourth-order valence-electron chi connectivity index (χ4n) is 1.84. The van der Waals surface area contributed by atoms with Gasteiger partial charge in [0.25, 0.3) is 10.0 Å². The Labute approximate surface area is 118 Å². The van der Waals surface area contributed by atoms with Crippen molar-refractivity contribution in [3.8, 4) is 0 Å². The average Bonchev–Trinajstić information content (AvgIpc) is 2.89. The molecule has 0 unspecified atom stereocenters. The van der Waals surface area contributed by atoms with Crippen molar-refractivity contribution in [3.63, 3.8) is 0 Å².